The van der Waals surface area contributed by atoms with Crippen LogP contribution in [-0.2, 0) is 4.74 Å². The molecule has 2 N–H and O–H groups in total. The molecule has 158 valence electrons. The first-order valence-corrected chi connectivity index (χ1v) is 9.19. The monoisotopic (exact) mass is 423 g/mol. The number of esters is 1. The smallest absolute Gasteiger partial charge is 0.338 e. The lowest BCUT2D eigenvalue weighted by atomic mass is 10.2. The third kappa shape index (κ3) is 4.29. The Morgan fingerprint density at radius 1 is 1.03 bits per heavy atom. The van der Waals surface area contributed by atoms with Gasteiger partial charge in [-0.15, -0.1) is 0 Å². The molecule has 0 saturated carbocycles. The summed E-state index contributed by atoms with van der Waals surface area (Å²) in [6.45, 7) is 5.55. The zero-order valence-electron chi connectivity index (χ0n) is 16.8. The van der Waals surface area contributed by atoms with Gasteiger partial charge in [-0.1, -0.05) is 5.16 Å². The second-order valence-corrected chi connectivity index (χ2v) is 6.26. The van der Waals surface area contributed by atoms with Crippen molar-refractivity contribution in [2.75, 3.05) is 17.3 Å². The number of nitrogens with one attached hydrogen (secondary N) is 2. The molecule has 0 aliphatic rings. The molecular formula is C18H17N9O4. The number of hydrazone groups is 1. The van der Waals surface area contributed by atoms with E-state index in [1.165, 1.54) is 0 Å². The maximum absolute atomic E-state index is 11.8. The van der Waals surface area contributed by atoms with Crippen molar-refractivity contribution in [2.24, 2.45) is 5.10 Å². The molecule has 13 nitrogen and oxygen atoms in total. The number of rotatable bonds is 7. The van der Waals surface area contributed by atoms with Gasteiger partial charge in [0.15, 0.2) is 17.3 Å². The van der Waals surface area contributed by atoms with Crippen LogP contribution in [0.2, 0.25) is 0 Å². The molecule has 0 aliphatic heterocycles. The van der Waals surface area contributed by atoms with Crippen LogP contribution in [0.5, 0.6) is 0 Å². The molecule has 0 spiro atoms. The highest BCUT2D eigenvalue weighted by Gasteiger charge is 2.15. The van der Waals surface area contributed by atoms with E-state index in [4.69, 9.17) is 14.0 Å². The zero-order valence-corrected chi connectivity index (χ0v) is 16.8. The quantitative estimate of drug-likeness (QED) is 0.253. The van der Waals surface area contributed by atoms with E-state index in [0.29, 0.717) is 40.8 Å². The Labute approximate surface area is 174 Å². The molecular weight excluding hydrogens is 406 g/mol. The number of hydrogen-bond acceptors (Lipinski definition) is 13. The minimum Gasteiger partial charge on any atom is -0.462 e. The number of aromatic nitrogens is 6. The summed E-state index contributed by atoms with van der Waals surface area (Å²) in [6, 6.07) is 6.70. The highest BCUT2D eigenvalue weighted by atomic mass is 16.6. The molecule has 3 aromatic heterocycles. The molecule has 1 aromatic carbocycles. The summed E-state index contributed by atoms with van der Waals surface area (Å²) < 4.78 is 14.4. The topological polar surface area (TPSA) is 166 Å². The fourth-order valence-electron chi connectivity index (χ4n) is 2.59. The zero-order chi connectivity index (χ0) is 21.8. The van der Waals surface area contributed by atoms with Crippen LogP contribution in [-0.4, -0.2) is 48.9 Å². The molecule has 3 heterocycles. The number of fused-ring (bicyclic) bond motifs is 1. The summed E-state index contributed by atoms with van der Waals surface area (Å²) in [5.41, 5.74) is 5.99. The molecule has 0 aliphatic carbocycles. The lowest BCUT2D eigenvalue weighted by Crippen LogP contribution is -2.07. The molecule has 31 heavy (non-hydrogen) atoms. The number of nitrogens with zero attached hydrogens (tertiary/aromatic N) is 7. The number of carbonyl (C=O) groups excluding carboxylic acids is 1. The third-order valence-corrected chi connectivity index (χ3v) is 4.10. The summed E-state index contributed by atoms with van der Waals surface area (Å²) in [7, 11) is 0. The van der Waals surface area contributed by atoms with E-state index in [9.17, 15) is 4.79 Å². The summed E-state index contributed by atoms with van der Waals surface area (Å²) >= 11 is 0. The van der Waals surface area contributed by atoms with E-state index in [1.807, 2.05) is 0 Å². The van der Waals surface area contributed by atoms with Gasteiger partial charge in [0.25, 0.3) is 0 Å². The van der Waals surface area contributed by atoms with Crippen molar-refractivity contribution in [1.82, 2.24) is 30.6 Å². The molecule has 0 amide bonds. The Bertz CT molecular complexity index is 1250. The lowest BCUT2D eigenvalue weighted by Gasteiger charge is -2.10. The average molecular weight is 423 g/mol. The number of carbonyl (C=O) groups is 1. The molecule has 0 saturated heterocycles. The van der Waals surface area contributed by atoms with Crippen molar-refractivity contribution >= 4 is 40.3 Å². The van der Waals surface area contributed by atoms with E-state index in [0.717, 1.165) is 0 Å². The van der Waals surface area contributed by atoms with Gasteiger partial charge in [0.05, 0.1) is 17.9 Å². The van der Waals surface area contributed by atoms with E-state index in [2.05, 4.69) is 46.4 Å². The van der Waals surface area contributed by atoms with Crippen molar-refractivity contribution in [3.05, 3.63) is 41.2 Å². The predicted octanol–water partition coefficient (Wildman–Crippen LogP) is 2.46. The average Bonchev–Trinajstić information content (AvgIpc) is 3.40. The van der Waals surface area contributed by atoms with Crippen LogP contribution in [0.3, 0.4) is 0 Å². The standard InChI is InChI=1S/C18H17N9O4/c1-4-29-18(28)11-5-7-12(8-6-11)19-14-15(21-17-16(20-14)26-31-27-17)23-22-9(2)13-10(3)24-30-25-13/h5-8H,4H2,1-3H3,(H,19,20,26)(H,21,23,27)/b22-9-. The van der Waals surface area contributed by atoms with Crippen LogP contribution in [0.4, 0.5) is 17.3 Å². The maximum Gasteiger partial charge on any atom is 0.338 e. The first kappa shape index (κ1) is 19.9. The van der Waals surface area contributed by atoms with Gasteiger partial charge >= 0.3 is 5.97 Å². The number of ether oxygens (including phenoxy) is 1. The molecule has 0 fully saturated rings. The van der Waals surface area contributed by atoms with Crippen molar-refractivity contribution in [3.63, 3.8) is 0 Å². The number of hydrogen-bond donors (Lipinski definition) is 2. The SMILES string of the molecule is CCOC(=O)c1ccc(Nc2nc3nonc3nc2N/N=C(/C)c2nonc2C)cc1. The van der Waals surface area contributed by atoms with Crippen molar-refractivity contribution in [1.29, 1.82) is 0 Å². The second-order valence-electron chi connectivity index (χ2n) is 6.26. The van der Waals surface area contributed by atoms with Gasteiger partial charge in [-0.05, 0) is 60.5 Å². The van der Waals surface area contributed by atoms with Crippen LogP contribution in [0, 0.1) is 6.92 Å². The van der Waals surface area contributed by atoms with Gasteiger partial charge in [0, 0.05) is 5.69 Å². The first-order chi connectivity index (χ1) is 15.0. The van der Waals surface area contributed by atoms with Gasteiger partial charge in [0.1, 0.15) is 5.69 Å². The minimum absolute atomic E-state index is 0.206. The maximum atomic E-state index is 11.8. The van der Waals surface area contributed by atoms with Gasteiger partial charge in [0.2, 0.25) is 11.3 Å². The Morgan fingerprint density at radius 2 is 1.71 bits per heavy atom. The van der Waals surface area contributed by atoms with Gasteiger partial charge in [-0.25, -0.2) is 19.0 Å². The van der Waals surface area contributed by atoms with Gasteiger partial charge in [-0.2, -0.15) is 10.1 Å². The van der Waals surface area contributed by atoms with Crippen molar-refractivity contribution in [3.8, 4) is 0 Å². The van der Waals surface area contributed by atoms with Crippen LogP contribution in [0.1, 0.15) is 35.6 Å². The summed E-state index contributed by atoms with van der Waals surface area (Å²) in [5, 5.41) is 22.3. The summed E-state index contributed by atoms with van der Waals surface area (Å²) in [4.78, 5) is 20.5. The molecule has 4 aromatic rings. The number of aryl methyl sites for hydroxylation is 1. The fourth-order valence-corrected chi connectivity index (χ4v) is 2.59. The minimum atomic E-state index is -0.395. The molecule has 0 bridgehead atoms. The number of anilines is 3. The Kier molecular flexibility index (Phi) is 5.47. The van der Waals surface area contributed by atoms with Crippen molar-refractivity contribution in [2.45, 2.75) is 20.8 Å². The summed E-state index contributed by atoms with van der Waals surface area (Å²) in [6.07, 6.45) is 0. The molecule has 4 rings (SSSR count). The van der Waals surface area contributed by atoms with Crippen LogP contribution in [0.15, 0.2) is 38.6 Å². The molecule has 0 unspecified atom stereocenters. The fraction of sp³-hybridized carbons (Fsp3) is 0.222. The second kappa shape index (κ2) is 8.52. The molecule has 13 heteroatoms. The highest BCUT2D eigenvalue weighted by Crippen LogP contribution is 2.24. The normalized spacial score (nSPS) is 11.5. The third-order valence-electron chi connectivity index (χ3n) is 4.10. The van der Waals surface area contributed by atoms with Crippen LogP contribution < -0.4 is 10.7 Å². The van der Waals surface area contributed by atoms with Crippen LogP contribution >= 0.6 is 0 Å². The van der Waals surface area contributed by atoms with E-state index in [1.54, 1.807) is 45.0 Å². The van der Waals surface area contributed by atoms with Crippen LogP contribution in [0.25, 0.3) is 11.3 Å². The highest BCUT2D eigenvalue weighted by molar-refractivity contribution is 5.98. The first-order valence-electron chi connectivity index (χ1n) is 9.19. The van der Waals surface area contributed by atoms with E-state index < -0.39 is 5.97 Å². The van der Waals surface area contributed by atoms with Gasteiger partial charge in [-0.3, -0.25) is 5.43 Å². The van der Waals surface area contributed by atoms with Gasteiger partial charge < -0.3 is 10.1 Å². The predicted molar refractivity (Wildman–Crippen MR) is 108 cm³/mol. The van der Waals surface area contributed by atoms with E-state index in [-0.39, 0.29) is 17.1 Å². The summed E-state index contributed by atoms with van der Waals surface area (Å²) in [5.74, 6) is 0.193. The van der Waals surface area contributed by atoms with E-state index >= 15 is 0 Å². The largest absolute Gasteiger partial charge is 0.462 e. The lowest BCUT2D eigenvalue weighted by molar-refractivity contribution is 0.0526. The van der Waals surface area contributed by atoms with Crippen molar-refractivity contribution < 1.29 is 18.8 Å². The Balaban J connectivity index is 1.61. The Morgan fingerprint density at radius 3 is 2.35 bits per heavy atom. The Hall–Kier alpha value is -4.42. The molecule has 0 atom stereocenters. The molecule has 0 radical (unpaired) electrons. The number of benzene rings is 1.